The van der Waals surface area contributed by atoms with Crippen molar-refractivity contribution in [3.05, 3.63) is 35.4 Å². The average Bonchev–Trinajstić information content (AvgIpc) is 2.47. The summed E-state index contributed by atoms with van der Waals surface area (Å²) in [6, 6.07) is 5.50. The summed E-state index contributed by atoms with van der Waals surface area (Å²) in [5, 5.41) is 0. The van der Waals surface area contributed by atoms with E-state index in [1.165, 1.54) is 4.90 Å². The maximum Gasteiger partial charge on any atom is 0.256 e. The van der Waals surface area contributed by atoms with Gasteiger partial charge in [0.1, 0.15) is 11.7 Å². The number of aryl methyl sites for hydroxylation is 1. The van der Waals surface area contributed by atoms with E-state index in [-0.39, 0.29) is 12.3 Å². The topological polar surface area (TPSA) is 29.5 Å². The number of benzene rings is 1. The SMILES string of the molecule is CSCOc1ccc(C2=CCCC(=O)N2CC(F)F)c(C)c1. The number of halogens is 2. The van der Waals surface area contributed by atoms with Gasteiger partial charge in [0.05, 0.1) is 6.54 Å². The molecule has 1 aromatic carbocycles. The van der Waals surface area contributed by atoms with Gasteiger partial charge in [-0.25, -0.2) is 8.78 Å². The number of amides is 1. The van der Waals surface area contributed by atoms with Gasteiger partial charge < -0.3 is 9.64 Å². The zero-order chi connectivity index (χ0) is 16.1. The predicted molar refractivity (Wildman–Crippen MR) is 85.1 cm³/mol. The van der Waals surface area contributed by atoms with Crippen LogP contribution < -0.4 is 4.74 Å². The van der Waals surface area contributed by atoms with Crippen molar-refractivity contribution < 1.29 is 18.3 Å². The molecule has 0 N–H and O–H groups in total. The highest BCUT2D eigenvalue weighted by Crippen LogP contribution is 2.30. The summed E-state index contributed by atoms with van der Waals surface area (Å²) < 4.78 is 31.0. The zero-order valence-electron chi connectivity index (χ0n) is 12.6. The lowest BCUT2D eigenvalue weighted by Crippen LogP contribution is -2.35. The van der Waals surface area contributed by atoms with Gasteiger partial charge in [-0.05, 0) is 43.4 Å². The highest BCUT2D eigenvalue weighted by atomic mass is 32.2. The number of hydrogen-bond acceptors (Lipinski definition) is 3. The third-order valence-corrected chi connectivity index (χ3v) is 3.78. The van der Waals surface area contributed by atoms with Gasteiger partial charge in [0.15, 0.2) is 0 Å². The third-order valence-electron chi connectivity index (χ3n) is 3.43. The molecule has 120 valence electrons. The lowest BCUT2D eigenvalue weighted by molar-refractivity contribution is -0.129. The number of nitrogens with zero attached hydrogens (tertiary/aromatic N) is 1. The van der Waals surface area contributed by atoms with Gasteiger partial charge in [0, 0.05) is 17.7 Å². The van der Waals surface area contributed by atoms with Crippen molar-refractivity contribution in [3.8, 4) is 5.75 Å². The first-order valence-electron chi connectivity index (χ1n) is 7.04. The number of allylic oxidation sites excluding steroid dienone is 1. The molecule has 0 aromatic heterocycles. The lowest BCUT2D eigenvalue weighted by Gasteiger charge is -2.29. The van der Waals surface area contributed by atoms with E-state index in [2.05, 4.69) is 0 Å². The summed E-state index contributed by atoms with van der Waals surface area (Å²) in [6.07, 6.45) is 2.12. The normalized spacial score (nSPS) is 15.2. The van der Waals surface area contributed by atoms with Crippen molar-refractivity contribution in [2.24, 2.45) is 0 Å². The monoisotopic (exact) mass is 327 g/mol. The van der Waals surface area contributed by atoms with Gasteiger partial charge in [0.25, 0.3) is 6.43 Å². The number of ether oxygens (including phenoxy) is 1. The summed E-state index contributed by atoms with van der Waals surface area (Å²) in [5.41, 5.74) is 2.27. The fraction of sp³-hybridized carbons (Fsp3) is 0.438. The van der Waals surface area contributed by atoms with Crippen molar-refractivity contribution in [1.82, 2.24) is 4.90 Å². The standard InChI is InChI=1S/C16H19F2NO2S/c1-11-8-12(21-10-22-2)6-7-13(11)14-4-3-5-16(20)19(14)9-15(17)18/h4,6-8,15H,3,5,9-10H2,1-2H3. The molecule has 1 aromatic rings. The lowest BCUT2D eigenvalue weighted by atomic mass is 10.00. The molecule has 0 spiro atoms. The second kappa shape index (κ2) is 7.63. The Kier molecular flexibility index (Phi) is 5.83. The minimum atomic E-state index is -2.55. The summed E-state index contributed by atoms with van der Waals surface area (Å²) in [4.78, 5) is 13.2. The van der Waals surface area contributed by atoms with E-state index in [0.29, 0.717) is 18.1 Å². The molecule has 2 rings (SSSR count). The second-order valence-electron chi connectivity index (χ2n) is 5.05. The number of hydrogen-bond donors (Lipinski definition) is 0. The molecule has 0 aliphatic carbocycles. The van der Waals surface area contributed by atoms with Crippen molar-refractivity contribution in [3.63, 3.8) is 0 Å². The van der Waals surface area contributed by atoms with Gasteiger partial charge in [-0.3, -0.25) is 4.79 Å². The van der Waals surface area contributed by atoms with E-state index in [1.807, 2.05) is 31.4 Å². The molecular weight excluding hydrogens is 308 g/mol. The quantitative estimate of drug-likeness (QED) is 0.742. The Balaban J connectivity index is 2.28. The Morgan fingerprint density at radius 2 is 2.18 bits per heavy atom. The van der Waals surface area contributed by atoms with Gasteiger partial charge in [-0.1, -0.05) is 6.08 Å². The fourth-order valence-corrected chi connectivity index (χ4v) is 2.70. The molecule has 1 heterocycles. The van der Waals surface area contributed by atoms with Crippen LogP contribution >= 0.6 is 11.8 Å². The van der Waals surface area contributed by atoms with Crippen LogP contribution in [-0.4, -0.2) is 36.0 Å². The summed E-state index contributed by atoms with van der Waals surface area (Å²) in [7, 11) is 0. The van der Waals surface area contributed by atoms with Crippen LogP contribution in [0.15, 0.2) is 24.3 Å². The minimum Gasteiger partial charge on any atom is -0.483 e. The van der Waals surface area contributed by atoms with Crippen LogP contribution in [0.5, 0.6) is 5.75 Å². The van der Waals surface area contributed by atoms with Crippen LogP contribution in [-0.2, 0) is 4.79 Å². The van der Waals surface area contributed by atoms with E-state index >= 15 is 0 Å². The second-order valence-corrected chi connectivity index (χ2v) is 5.86. The molecule has 0 saturated heterocycles. The van der Waals surface area contributed by atoms with Crippen molar-refractivity contribution in [2.75, 3.05) is 18.7 Å². The van der Waals surface area contributed by atoms with E-state index in [4.69, 9.17) is 4.74 Å². The molecule has 0 unspecified atom stereocenters. The van der Waals surface area contributed by atoms with Crippen LogP contribution in [0.1, 0.15) is 24.0 Å². The molecule has 0 atom stereocenters. The van der Waals surface area contributed by atoms with E-state index in [9.17, 15) is 13.6 Å². The van der Waals surface area contributed by atoms with Crippen LogP contribution in [0.3, 0.4) is 0 Å². The molecule has 6 heteroatoms. The average molecular weight is 327 g/mol. The van der Waals surface area contributed by atoms with Crippen LogP contribution in [0.4, 0.5) is 8.78 Å². The number of rotatable bonds is 6. The Hall–Kier alpha value is -1.56. The number of alkyl halides is 2. The van der Waals surface area contributed by atoms with Gasteiger partial charge >= 0.3 is 0 Å². The molecule has 22 heavy (non-hydrogen) atoms. The summed E-state index contributed by atoms with van der Waals surface area (Å²) in [5.74, 6) is 1.04. The van der Waals surface area contributed by atoms with Gasteiger partial charge in [-0.15, -0.1) is 11.8 Å². The summed E-state index contributed by atoms with van der Waals surface area (Å²) >= 11 is 1.57. The molecule has 0 fully saturated rings. The molecule has 1 aliphatic rings. The fourth-order valence-electron chi connectivity index (χ4n) is 2.45. The van der Waals surface area contributed by atoms with Crippen LogP contribution in [0, 0.1) is 6.92 Å². The smallest absolute Gasteiger partial charge is 0.256 e. The van der Waals surface area contributed by atoms with Crippen molar-refractivity contribution in [1.29, 1.82) is 0 Å². The molecule has 1 amide bonds. The zero-order valence-corrected chi connectivity index (χ0v) is 13.5. The van der Waals surface area contributed by atoms with E-state index in [0.717, 1.165) is 16.9 Å². The van der Waals surface area contributed by atoms with Gasteiger partial charge in [-0.2, -0.15) is 0 Å². The minimum absolute atomic E-state index is 0.250. The molecule has 1 aliphatic heterocycles. The van der Waals surface area contributed by atoms with E-state index in [1.54, 1.807) is 17.8 Å². The van der Waals surface area contributed by atoms with E-state index < -0.39 is 13.0 Å². The molecule has 0 radical (unpaired) electrons. The Bertz CT molecular complexity index is 575. The Labute approximate surface area is 133 Å². The largest absolute Gasteiger partial charge is 0.483 e. The Morgan fingerprint density at radius 3 is 2.82 bits per heavy atom. The molecular formula is C16H19F2NO2S. The number of carbonyl (C=O) groups is 1. The van der Waals surface area contributed by atoms with Crippen molar-refractivity contribution in [2.45, 2.75) is 26.2 Å². The van der Waals surface area contributed by atoms with Crippen LogP contribution in [0.2, 0.25) is 0 Å². The molecule has 0 saturated carbocycles. The van der Waals surface area contributed by atoms with Crippen LogP contribution in [0.25, 0.3) is 5.70 Å². The predicted octanol–water partition coefficient (Wildman–Crippen LogP) is 3.92. The number of thioether (sulfide) groups is 1. The highest BCUT2D eigenvalue weighted by Gasteiger charge is 2.26. The molecule has 0 bridgehead atoms. The van der Waals surface area contributed by atoms with Crippen molar-refractivity contribution >= 4 is 23.4 Å². The number of carbonyl (C=O) groups excluding carboxylic acids is 1. The highest BCUT2D eigenvalue weighted by molar-refractivity contribution is 7.98. The van der Waals surface area contributed by atoms with Gasteiger partial charge in [0.2, 0.25) is 5.91 Å². The summed E-state index contributed by atoms with van der Waals surface area (Å²) in [6.45, 7) is 1.33. The first kappa shape index (κ1) is 16.8. The maximum atomic E-state index is 12.7. The first-order valence-corrected chi connectivity index (χ1v) is 8.43. The maximum absolute atomic E-state index is 12.7. The third kappa shape index (κ3) is 4.00. The first-order chi connectivity index (χ1) is 10.5. The molecule has 3 nitrogen and oxygen atoms in total. The Morgan fingerprint density at radius 1 is 1.41 bits per heavy atom.